The van der Waals surface area contributed by atoms with E-state index in [0.29, 0.717) is 0 Å². The molecule has 0 aromatic heterocycles. The van der Waals surface area contributed by atoms with Crippen molar-refractivity contribution in [1.82, 2.24) is 0 Å². The molecule has 0 aliphatic heterocycles. The second-order valence-corrected chi connectivity index (χ2v) is 3.95. The number of rotatable bonds is 4. The number of hydrogen-bond donors (Lipinski definition) is 1. The highest BCUT2D eigenvalue weighted by atomic mass is 16.6. The van der Waals surface area contributed by atoms with Gasteiger partial charge < -0.3 is 9.84 Å². The predicted octanol–water partition coefficient (Wildman–Crippen LogP) is 2.96. The lowest BCUT2D eigenvalue weighted by Gasteiger charge is -2.08. The number of hydrogen-bond acceptors (Lipinski definition) is 5. The van der Waals surface area contributed by atoms with Crippen LogP contribution in [0.15, 0.2) is 42.5 Å². The predicted molar refractivity (Wildman–Crippen MR) is 71.3 cm³/mol. The molecule has 0 aliphatic carbocycles. The van der Waals surface area contributed by atoms with E-state index in [9.17, 15) is 14.9 Å². The molecule has 2 aromatic carbocycles. The first-order chi connectivity index (χ1) is 10.0. The monoisotopic (exact) mass is 284 g/mol. The van der Waals surface area contributed by atoms with Crippen LogP contribution in [0.25, 0.3) is 0 Å². The lowest BCUT2D eigenvalue weighted by molar-refractivity contribution is -0.385. The van der Waals surface area contributed by atoms with Gasteiger partial charge >= 0.3 is 11.7 Å². The van der Waals surface area contributed by atoms with Crippen molar-refractivity contribution in [2.75, 3.05) is 0 Å². The van der Waals surface area contributed by atoms with Crippen molar-refractivity contribution in [2.24, 2.45) is 0 Å². The number of nitro benzene ring substituents is 1. The highest BCUT2D eigenvalue weighted by Crippen LogP contribution is 2.33. The summed E-state index contributed by atoms with van der Waals surface area (Å²) in [5.74, 6) is -1.35. The van der Waals surface area contributed by atoms with E-state index in [1.165, 1.54) is 30.3 Å². The summed E-state index contributed by atoms with van der Waals surface area (Å²) < 4.78 is 5.33. The van der Waals surface area contributed by atoms with Crippen LogP contribution in [0.3, 0.4) is 0 Å². The Kier molecular flexibility index (Phi) is 3.81. The van der Waals surface area contributed by atoms with Crippen LogP contribution in [0.2, 0.25) is 0 Å². The van der Waals surface area contributed by atoms with Gasteiger partial charge in [0.1, 0.15) is 11.3 Å². The largest absolute Gasteiger partial charge is 0.478 e. The first-order valence-corrected chi connectivity index (χ1v) is 5.71. The van der Waals surface area contributed by atoms with E-state index in [4.69, 9.17) is 15.1 Å². The molecular formula is C14H8N2O5. The first kappa shape index (κ1) is 14.0. The fraction of sp³-hybridized carbons (Fsp3) is 0. The summed E-state index contributed by atoms with van der Waals surface area (Å²) >= 11 is 0. The SMILES string of the molecule is N#Cc1ccc(Oc2ccccc2C(=O)O)c([N+](=O)[O-])c1. The Morgan fingerprint density at radius 1 is 1.24 bits per heavy atom. The Hall–Kier alpha value is -3.40. The lowest BCUT2D eigenvalue weighted by atomic mass is 10.2. The number of carboxylic acids is 1. The number of benzene rings is 2. The molecule has 104 valence electrons. The highest BCUT2D eigenvalue weighted by molar-refractivity contribution is 5.91. The second kappa shape index (κ2) is 5.71. The lowest BCUT2D eigenvalue weighted by Crippen LogP contribution is -2.01. The molecule has 0 fully saturated rings. The Labute approximate surface area is 118 Å². The zero-order chi connectivity index (χ0) is 15.4. The summed E-state index contributed by atoms with van der Waals surface area (Å²) in [5, 5.41) is 28.8. The average Bonchev–Trinajstić information content (AvgIpc) is 2.47. The van der Waals surface area contributed by atoms with Crippen molar-refractivity contribution in [1.29, 1.82) is 5.26 Å². The van der Waals surface area contributed by atoms with E-state index in [1.54, 1.807) is 12.1 Å². The molecule has 7 heteroatoms. The molecule has 0 saturated heterocycles. The van der Waals surface area contributed by atoms with Gasteiger partial charge in [0, 0.05) is 6.07 Å². The molecule has 0 unspecified atom stereocenters. The van der Waals surface area contributed by atoms with E-state index in [-0.39, 0.29) is 22.6 Å². The van der Waals surface area contributed by atoms with Gasteiger partial charge in [0.05, 0.1) is 16.6 Å². The molecule has 0 amide bonds. The molecule has 0 heterocycles. The van der Waals surface area contributed by atoms with Gasteiger partial charge in [0.2, 0.25) is 5.75 Å². The molecule has 0 aliphatic rings. The minimum absolute atomic E-state index is 0.0159. The Bertz CT molecular complexity index is 764. The molecule has 0 spiro atoms. The number of carbonyl (C=O) groups is 1. The number of nitrogens with zero attached hydrogens (tertiary/aromatic N) is 2. The van der Waals surface area contributed by atoms with Crippen LogP contribution in [0.1, 0.15) is 15.9 Å². The molecule has 7 nitrogen and oxygen atoms in total. The molecule has 0 radical (unpaired) electrons. The van der Waals surface area contributed by atoms with Crippen LogP contribution in [0.5, 0.6) is 11.5 Å². The van der Waals surface area contributed by atoms with Crippen LogP contribution in [-0.4, -0.2) is 16.0 Å². The Morgan fingerprint density at radius 3 is 2.57 bits per heavy atom. The molecule has 21 heavy (non-hydrogen) atoms. The van der Waals surface area contributed by atoms with E-state index >= 15 is 0 Å². The standard InChI is InChI=1S/C14H8N2O5/c15-8-9-5-6-13(11(7-9)16(19)20)21-12-4-2-1-3-10(12)14(17)18/h1-7H,(H,17,18). The summed E-state index contributed by atoms with van der Waals surface area (Å²) in [6.07, 6.45) is 0. The quantitative estimate of drug-likeness (QED) is 0.682. The third kappa shape index (κ3) is 2.96. The van der Waals surface area contributed by atoms with E-state index in [2.05, 4.69) is 0 Å². The molecule has 2 rings (SSSR count). The number of ether oxygens (including phenoxy) is 1. The fourth-order valence-corrected chi connectivity index (χ4v) is 1.67. The van der Waals surface area contributed by atoms with Crippen LogP contribution in [0, 0.1) is 21.4 Å². The zero-order valence-corrected chi connectivity index (χ0v) is 10.5. The molecule has 2 aromatic rings. The molecular weight excluding hydrogens is 276 g/mol. The van der Waals surface area contributed by atoms with Gasteiger partial charge in [-0.25, -0.2) is 4.79 Å². The number of nitro groups is 1. The topological polar surface area (TPSA) is 113 Å². The maximum atomic E-state index is 11.1. The van der Waals surface area contributed by atoms with Gasteiger partial charge in [0.25, 0.3) is 0 Å². The summed E-state index contributed by atoms with van der Waals surface area (Å²) in [6, 6.07) is 11.3. The van der Waals surface area contributed by atoms with Crippen molar-refractivity contribution < 1.29 is 19.6 Å². The summed E-state index contributed by atoms with van der Waals surface area (Å²) in [5.41, 5.74) is -0.411. The zero-order valence-electron chi connectivity index (χ0n) is 10.5. The minimum Gasteiger partial charge on any atom is -0.478 e. The summed E-state index contributed by atoms with van der Waals surface area (Å²) in [6.45, 7) is 0. The number of carboxylic acid groups (broad SMARTS) is 1. The maximum absolute atomic E-state index is 11.1. The van der Waals surface area contributed by atoms with E-state index in [0.717, 1.165) is 6.07 Å². The fourth-order valence-electron chi connectivity index (χ4n) is 1.67. The van der Waals surface area contributed by atoms with Crippen LogP contribution < -0.4 is 4.74 Å². The average molecular weight is 284 g/mol. The third-order valence-electron chi connectivity index (χ3n) is 2.62. The second-order valence-electron chi connectivity index (χ2n) is 3.95. The van der Waals surface area contributed by atoms with Crippen molar-refractivity contribution in [3.05, 3.63) is 63.7 Å². The van der Waals surface area contributed by atoms with Crippen molar-refractivity contribution in [3.8, 4) is 17.6 Å². The van der Waals surface area contributed by atoms with Gasteiger partial charge in [0.15, 0.2) is 0 Å². The maximum Gasteiger partial charge on any atom is 0.339 e. The van der Waals surface area contributed by atoms with Crippen molar-refractivity contribution in [2.45, 2.75) is 0 Å². The summed E-state index contributed by atoms with van der Waals surface area (Å²) in [4.78, 5) is 21.4. The van der Waals surface area contributed by atoms with E-state index in [1.807, 2.05) is 0 Å². The molecule has 0 bridgehead atoms. The molecule has 0 atom stereocenters. The first-order valence-electron chi connectivity index (χ1n) is 5.71. The van der Waals surface area contributed by atoms with Crippen LogP contribution in [-0.2, 0) is 0 Å². The van der Waals surface area contributed by atoms with Crippen LogP contribution >= 0.6 is 0 Å². The minimum atomic E-state index is -1.21. The van der Waals surface area contributed by atoms with Crippen molar-refractivity contribution >= 4 is 11.7 Å². The van der Waals surface area contributed by atoms with Gasteiger partial charge in [-0.2, -0.15) is 5.26 Å². The number of aromatic carboxylic acids is 1. The van der Waals surface area contributed by atoms with Gasteiger partial charge in [-0.15, -0.1) is 0 Å². The van der Waals surface area contributed by atoms with Gasteiger partial charge in [-0.05, 0) is 24.3 Å². The molecule has 0 saturated carbocycles. The van der Waals surface area contributed by atoms with Gasteiger partial charge in [-0.1, -0.05) is 12.1 Å². The van der Waals surface area contributed by atoms with Crippen LogP contribution in [0.4, 0.5) is 5.69 Å². The summed E-state index contributed by atoms with van der Waals surface area (Å²) in [7, 11) is 0. The number of para-hydroxylation sites is 1. The highest BCUT2D eigenvalue weighted by Gasteiger charge is 2.19. The normalized spacial score (nSPS) is 9.67. The molecule has 1 N–H and O–H groups in total. The third-order valence-corrected chi connectivity index (χ3v) is 2.62. The van der Waals surface area contributed by atoms with E-state index < -0.39 is 16.6 Å². The number of nitriles is 1. The smallest absolute Gasteiger partial charge is 0.339 e. The van der Waals surface area contributed by atoms with Crippen molar-refractivity contribution in [3.63, 3.8) is 0 Å². The van der Waals surface area contributed by atoms with Gasteiger partial charge in [-0.3, -0.25) is 10.1 Å². The Morgan fingerprint density at radius 2 is 1.95 bits per heavy atom. The Balaban J connectivity index is 2.48.